The van der Waals surface area contributed by atoms with E-state index in [4.69, 9.17) is 5.73 Å². The van der Waals surface area contributed by atoms with Crippen molar-refractivity contribution in [3.05, 3.63) is 41.1 Å². The first kappa shape index (κ1) is 20.4. The van der Waals surface area contributed by atoms with Crippen LogP contribution in [0.5, 0.6) is 0 Å². The molecular weight excluding hydrogens is 367 g/mol. The molecule has 2 aromatic rings. The molecule has 0 saturated carbocycles. The summed E-state index contributed by atoms with van der Waals surface area (Å²) < 4.78 is 39.6. The van der Waals surface area contributed by atoms with Crippen LogP contribution in [0.3, 0.4) is 0 Å². The van der Waals surface area contributed by atoms with Crippen LogP contribution in [0.2, 0.25) is 0 Å². The average molecular weight is 393 g/mol. The number of aryl methyl sites for hydroxylation is 2. The van der Waals surface area contributed by atoms with E-state index < -0.39 is 11.7 Å². The van der Waals surface area contributed by atoms with Crippen molar-refractivity contribution < 1.29 is 13.2 Å². The predicted octanol–water partition coefficient (Wildman–Crippen LogP) is 4.43. The fourth-order valence-electron chi connectivity index (χ4n) is 3.44. The number of piperidine rings is 1. The Kier molecular flexibility index (Phi) is 6.07. The zero-order valence-corrected chi connectivity index (χ0v) is 16.2. The Morgan fingerprint density at radius 2 is 2.04 bits per heavy atom. The fraction of sp³-hybridized carbons (Fsp3) is 0.500. The number of benzene rings is 1. The highest BCUT2D eigenvalue weighted by atomic mass is 19.4. The van der Waals surface area contributed by atoms with Gasteiger partial charge >= 0.3 is 6.18 Å². The van der Waals surface area contributed by atoms with Crippen LogP contribution in [-0.2, 0) is 12.6 Å². The molecule has 1 aliphatic rings. The molecule has 5 nitrogen and oxygen atoms in total. The van der Waals surface area contributed by atoms with Gasteiger partial charge in [0.25, 0.3) is 0 Å². The van der Waals surface area contributed by atoms with Gasteiger partial charge in [0.1, 0.15) is 5.82 Å². The molecule has 0 radical (unpaired) electrons. The van der Waals surface area contributed by atoms with Crippen LogP contribution in [-0.4, -0.2) is 29.1 Å². The number of aromatic nitrogens is 2. The smallest absolute Gasteiger partial charge is 0.355 e. The van der Waals surface area contributed by atoms with Gasteiger partial charge in [-0.2, -0.15) is 18.2 Å². The predicted molar refractivity (Wildman–Crippen MR) is 105 cm³/mol. The molecular formula is C20H26F3N5. The lowest BCUT2D eigenvalue weighted by molar-refractivity contribution is -0.138. The van der Waals surface area contributed by atoms with E-state index in [9.17, 15) is 13.2 Å². The minimum Gasteiger partial charge on any atom is -0.355 e. The van der Waals surface area contributed by atoms with Crippen molar-refractivity contribution in [1.82, 2.24) is 9.97 Å². The second-order valence-corrected chi connectivity index (χ2v) is 7.29. The van der Waals surface area contributed by atoms with Gasteiger partial charge in [0.05, 0.1) is 5.56 Å². The topological polar surface area (TPSA) is 67.1 Å². The summed E-state index contributed by atoms with van der Waals surface area (Å²) in [6.45, 7) is 5.08. The van der Waals surface area contributed by atoms with Gasteiger partial charge in [-0.1, -0.05) is 19.4 Å². The number of halogens is 3. The van der Waals surface area contributed by atoms with E-state index in [1.54, 1.807) is 6.07 Å². The molecule has 0 aliphatic carbocycles. The molecule has 1 aromatic carbocycles. The minimum atomic E-state index is -4.40. The molecule has 1 atom stereocenters. The standard InChI is InChI=1S/C20H26F3N5/c1-3-5-15-11-18(28-9-4-6-14(24)12-28)27-19(25-15)26-16-8-7-13(2)17(10-16)20(21,22)23/h7-8,10-11,14H,3-6,9,12,24H2,1-2H3,(H,25,26,27). The number of alkyl halides is 3. The largest absolute Gasteiger partial charge is 0.416 e. The Bertz CT molecular complexity index is 822. The van der Waals surface area contributed by atoms with Crippen LogP contribution in [0.25, 0.3) is 0 Å². The van der Waals surface area contributed by atoms with E-state index in [0.717, 1.165) is 49.8 Å². The molecule has 1 saturated heterocycles. The van der Waals surface area contributed by atoms with Gasteiger partial charge in [0.2, 0.25) is 5.95 Å². The maximum absolute atomic E-state index is 13.2. The number of hydrogen-bond donors (Lipinski definition) is 2. The maximum Gasteiger partial charge on any atom is 0.416 e. The molecule has 28 heavy (non-hydrogen) atoms. The van der Waals surface area contributed by atoms with Crippen molar-refractivity contribution in [2.75, 3.05) is 23.3 Å². The van der Waals surface area contributed by atoms with Gasteiger partial charge in [-0.05, 0) is 43.9 Å². The molecule has 0 spiro atoms. The number of rotatable bonds is 5. The zero-order valence-electron chi connectivity index (χ0n) is 16.2. The number of nitrogens with one attached hydrogen (secondary N) is 1. The number of hydrogen-bond acceptors (Lipinski definition) is 5. The number of nitrogens with two attached hydrogens (primary N) is 1. The number of anilines is 3. The van der Waals surface area contributed by atoms with Crippen LogP contribution in [0.4, 0.5) is 30.6 Å². The lowest BCUT2D eigenvalue weighted by Gasteiger charge is -2.32. The SMILES string of the molecule is CCCc1cc(N2CCCC(N)C2)nc(Nc2ccc(C)c(C(F)(F)F)c2)n1. The minimum absolute atomic E-state index is 0.0983. The lowest BCUT2D eigenvalue weighted by Crippen LogP contribution is -2.43. The summed E-state index contributed by atoms with van der Waals surface area (Å²) in [5.41, 5.74) is 6.78. The number of nitrogens with zero attached hydrogens (tertiary/aromatic N) is 3. The van der Waals surface area contributed by atoms with Gasteiger partial charge in [0.15, 0.2) is 0 Å². The fourth-order valence-corrected chi connectivity index (χ4v) is 3.44. The van der Waals surface area contributed by atoms with Crippen molar-refractivity contribution in [3.63, 3.8) is 0 Å². The van der Waals surface area contributed by atoms with E-state index in [0.29, 0.717) is 18.2 Å². The first-order chi connectivity index (χ1) is 13.3. The van der Waals surface area contributed by atoms with E-state index in [-0.39, 0.29) is 11.6 Å². The van der Waals surface area contributed by atoms with Crippen molar-refractivity contribution in [2.45, 2.75) is 51.7 Å². The van der Waals surface area contributed by atoms with Gasteiger partial charge in [-0.3, -0.25) is 0 Å². The van der Waals surface area contributed by atoms with Crippen LogP contribution in [0.1, 0.15) is 43.0 Å². The Hall–Kier alpha value is -2.35. The van der Waals surface area contributed by atoms with Crippen molar-refractivity contribution >= 4 is 17.5 Å². The molecule has 1 aromatic heterocycles. The van der Waals surface area contributed by atoms with Crippen LogP contribution >= 0.6 is 0 Å². The summed E-state index contributed by atoms with van der Waals surface area (Å²) in [5, 5.41) is 2.95. The third-order valence-corrected chi connectivity index (χ3v) is 4.85. The molecule has 0 bridgehead atoms. The van der Waals surface area contributed by atoms with E-state index >= 15 is 0 Å². The summed E-state index contributed by atoms with van der Waals surface area (Å²) in [4.78, 5) is 11.2. The van der Waals surface area contributed by atoms with E-state index in [1.165, 1.54) is 13.0 Å². The Morgan fingerprint density at radius 1 is 1.25 bits per heavy atom. The first-order valence-corrected chi connectivity index (χ1v) is 9.59. The normalized spacial score (nSPS) is 17.6. The zero-order chi connectivity index (χ0) is 20.3. The van der Waals surface area contributed by atoms with Crippen LogP contribution in [0.15, 0.2) is 24.3 Å². The van der Waals surface area contributed by atoms with Crippen LogP contribution in [0, 0.1) is 6.92 Å². The highest BCUT2D eigenvalue weighted by molar-refractivity contribution is 5.58. The first-order valence-electron chi connectivity index (χ1n) is 9.59. The van der Waals surface area contributed by atoms with Crippen molar-refractivity contribution in [3.8, 4) is 0 Å². The molecule has 1 fully saturated rings. The summed E-state index contributed by atoms with van der Waals surface area (Å²) in [5.74, 6) is 1.07. The Labute approximate surface area is 163 Å². The molecule has 3 N–H and O–H groups in total. The Balaban J connectivity index is 1.91. The highest BCUT2D eigenvalue weighted by Crippen LogP contribution is 2.34. The van der Waals surface area contributed by atoms with Gasteiger partial charge in [0, 0.05) is 36.6 Å². The van der Waals surface area contributed by atoms with Crippen LogP contribution < -0.4 is 16.0 Å². The van der Waals surface area contributed by atoms with Gasteiger partial charge in [-0.25, -0.2) is 4.98 Å². The summed E-state index contributed by atoms with van der Waals surface area (Å²) in [6, 6.07) is 6.20. The summed E-state index contributed by atoms with van der Waals surface area (Å²) >= 11 is 0. The third kappa shape index (κ3) is 4.92. The second kappa shape index (κ2) is 8.34. The Morgan fingerprint density at radius 3 is 2.71 bits per heavy atom. The molecule has 0 amide bonds. The molecule has 1 unspecified atom stereocenters. The molecule has 1 aliphatic heterocycles. The average Bonchev–Trinajstić information content (AvgIpc) is 2.62. The molecule has 8 heteroatoms. The van der Waals surface area contributed by atoms with E-state index in [2.05, 4.69) is 27.1 Å². The highest BCUT2D eigenvalue weighted by Gasteiger charge is 2.32. The molecule has 2 heterocycles. The molecule has 152 valence electrons. The monoisotopic (exact) mass is 393 g/mol. The lowest BCUT2D eigenvalue weighted by atomic mass is 10.1. The second-order valence-electron chi connectivity index (χ2n) is 7.29. The van der Waals surface area contributed by atoms with Crippen molar-refractivity contribution in [2.24, 2.45) is 5.73 Å². The maximum atomic E-state index is 13.2. The van der Waals surface area contributed by atoms with Gasteiger partial charge < -0.3 is 16.0 Å². The summed E-state index contributed by atoms with van der Waals surface area (Å²) in [6.07, 6.45) is -0.742. The third-order valence-electron chi connectivity index (χ3n) is 4.85. The quantitative estimate of drug-likeness (QED) is 0.787. The van der Waals surface area contributed by atoms with Gasteiger partial charge in [-0.15, -0.1) is 0 Å². The van der Waals surface area contributed by atoms with E-state index in [1.807, 2.05) is 6.07 Å². The summed E-state index contributed by atoms with van der Waals surface area (Å²) in [7, 11) is 0. The molecule has 3 rings (SSSR count). The van der Waals surface area contributed by atoms with Crippen molar-refractivity contribution in [1.29, 1.82) is 0 Å².